The van der Waals surface area contributed by atoms with Crippen LogP contribution in [-0.2, 0) is 0 Å². The lowest BCUT2D eigenvalue weighted by Crippen LogP contribution is -2.32. The fourth-order valence-corrected chi connectivity index (χ4v) is 3.17. The molecule has 1 unspecified atom stereocenters. The summed E-state index contributed by atoms with van der Waals surface area (Å²) in [5, 5.41) is 6.41. The van der Waals surface area contributed by atoms with Crippen molar-refractivity contribution in [2.75, 3.05) is 7.05 Å². The van der Waals surface area contributed by atoms with E-state index >= 15 is 0 Å². The lowest BCUT2D eigenvalue weighted by molar-refractivity contribution is 0.726. The van der Waals surface area contributed by atoms with Crippen molar-refractivity contribution in [1.29, 1.82) is 0 Å². The van der Waals surface area contributed by atoms with E-state index in [0.29, 0.717) is 0 Å². The van der Waals surface area contributed by atoms with Gasteiger partial charge in [0, 0.05) is 4.70 Å². The zero-order valence-corrected chi connectivity index (χ0v) is 11.7. The maximum absolute atomic E-state index is 5.93. The standard InChI is InChI=1S/C13H13Cl2NS/c1-8(12(16-2)13(14)15)10-4-3-9-5-6-17-11(9)7-10/h3-7,12-13,16H,1H2,2H3. The summed E-state index contributed by atoms with van der Waals surface area (Å²) in [4.78, 5) is -0.508. The fraction of sp³-hybridized carbons (Fsp3) is 0.231. The second-order valence-corrected chi connectivity index (χ2v) is 5.91. The molecule has 2 aromatic rings. The van der Waals surface area contributed by atoms with E-state index in [1.165, 1.54) is 10.1 Å². The Labute approximate surface area is 115 Å². The number of nitrogens with one attached hydrogen (secondary N) is 1. The van der Waals surface area contributed by atoms with Crippen LogP contribution in [0.15, 0.2) is 36.2 Å². The molecule has 90 valence electrons. The van der Waals surface area contributed by atoms with Gasteiger partial charge < -0.3 is 5.32 Å². The molecule has 0 amide bonds. The highest BCUT2D eigenvalue weighted by molar-refractivity contribution is 7.17. The van der Waals surface area contributed by atoms with Crippen molar-refractivity contribution < 1.29 is 0 Å². The third-order valence-electron chi connectivity index (χ3n) is 2.77. The van der Waals surface area contributed by atoms with Crippen molar-refractivity contribution in [2.24, 2.45) is 0 Å². The largest absolute Gasteiger partial charge is 0.311 e. The average molecular weight is 286 g/mol. The first-order chi connectivity index (χ1) is 8.13. The van der Waals surface area contributed by atoms with Crippen LogP contribution in [0.4, 0.5) is 0 Å². The van der Waals surface area contributed by atoms with Crippen LogP contribution in [0, 0.1) is 0 Å². The second-order valence-electron chi connectivity index (χ2n) is 3.80. The zero-order valence-electron chi connectivity index (χ0n) is 9.41. The van der Waals surface area contributed by atoms with E-state index < -0.39 is 4.84 Å². The van der Waals surface area contributed by atoms with Crippen LogP contribution in [0.2, 0.25) is 0 Å². The molecule has 0 aliphatic rings. The minimum absolute atomic E-state index is 0.129. The summed E-state index contributed by atoms with van der Waals surface area (Å²) >= 11 is 13.6. The number of hydrogen-bond donors (Lipinski definition) is 1. The minimum atomic E-state index is -0.508. The van der Waals surface area contributed by atoms with Crippen molar-refractivity contribution in [3.8, 4) is 0 Å². The van der Waals surface area contributed by atoms with Crippen molar-refractivity contribution >= 4 is 50.2 Å². The van der Waals surface area contributed by atoms with Gasteiger partial charge >= 0.3 is 0 Å². The molecule has 0 aliphatic heterocycles. The van der Waals surface area contributed by atoms with Gasteiger partial charge in [0.2, 0.25) is 0 Å². The zero-order chi connectivity index (χ0) is 12.4. The lowest BCUT2D eigenvalue weighted by atomic mass is 10.0. The Bertz CT molecular complexity index is 533. The molecule has 1 aromatic heterocycles. The van der Waals surface area contributed by atoms with Gasteiger partial charge in [-0.15, -0.1) is 34.5 Å². The molecular weight excluding hydrogens is 273 g/mol. The highest BCUT2D eigenvalue weighted by Crippen LogP contribution is 2.28. The fourth-order valence-electron chi connectivity index (χ4n) is 1.79. The number of rotatable bonds is 4. The van der Waals surface area contributed by atoms with E-state index in [-0.39, 0.29) is 6.04 Å². The number of fused-ring (bicyclic) bond motifs is 1. The van der Waals surface area contributed by atoms with Crippen molar-refractivity contribution in [3.63, 3.8) is 0 Å². The molecule has 0 fully saturated rings. The van der Waals surface area contributed by atoms with Crippen molar-refractivity contribution in [1.82, 2.24) is 5.32 Å². The first kappa shape index (κ1) is 12.9. The second kappa shape index (κ2) is 5.40. The van der Waals surface area contributed by atoms with Gasteiger partial charge in [0.15, 0.2) is 0 Å². The Hall–Kier alpha value is -0.540. The van der Waals surface area contributed by atoms with E-state index in [2.05, 4.69) is 41.5 Å². The molecule has 17 heavy (non-hydrogen) atoms. The van der Waals surface area contributed by atoms with Gasteiger partial charge in [-0.25, -0.2) is 0 Å². The van der Waals surface area contributed by atoms with Crippen LogP contribution in [0.25, 0.3) is 15.7 Å². The van der Waals surface area contributed by atoms with Crippen LogP contribution in [-0.4, -0.2) is 17.9 Å². The van der Waals surface area contributed by atoms with Gasteiger partial charge in [-0.1, -0.05) is 18.7 Å². The Balaban J connectivity index is 2.35. The van der Waals surface area contributed by atoms with Crippen LogP contribution < -0.4 is 5.32 Å². The topological polar surface area (TPSA) is 12.0 Å². The highest BCUT2D eigenvalue weighted by Gasteiger charge is 2.19. The van der Waals surface area contributed by atoms with E-state index in [9.17, 15) is 0 Å². The molecule has 0 saturated carbocycles. The van der Waals surface area contributed by atoms with Gasteiger partial charge in [-0.3, -0.25) is 0 Å². The van der Waals surface area contributed by atoms with Crippen LogP contribution >= 0.6 is 34.5 Å². The van der Waals surface area contributed by atoms with Crippen molar-refractivity contribution in [2.45, 2.75) is 10.9 Å². The molecular formula is C13H13Cl2NS. The third kappa shape index (κ3) is 2.66. The summed E-state index contributed by atoms with van der Waals surface area (Å²) in [6.07, 6.45) is 0. The van der Waals surface area contributed by atoms with Crippen LogP contribution in [0.3, 0.4) is 0 Å². The Morgan fingerprint density at radius 3 is 2.76 bits per heavy atom. The number of likely N-dealkylation sites (N-methyl/N-ethyl adjacent to an activating group) is 1. The van der Waals surface area contributed by atoms with Gasteiger partial charge in [-0.05, 0) is 41.1 Å². The summed E-state index contributed by atoms with van der Waals surface area (Å²) < 4.78 is 1.25. The summed E-state index contributed by atoms with van der Waals surface area (Å²) in [6, 6.07) is 8.25. The predicted molar refractivity (Wildman–Crippen MR) is 79.2 cm³/mol. The van der Waals surface area contributed by atoms with Gasteiger partial charge in [-0.2, -0.15) is 0 Å². The summed E-state index contributed by atoms with van der Waals surface area (Å²) in [7, 11) is 1.83. The number of thiophene rings is 1. The van der Waals surface area contributed by atoms with E-state index in [1.807, 2.05) is 7.05 Å². The SMILES string of the molecule is C=C(c1ccc2ccsc2c1)C(NC)C(Cl)Cl. The molecule has 1 atom stereocenters. The molecule has 1 heterocycles. The molecule has 2 rings (SSSR count). The minimum Gasteiger partial charge on any atom is -0.311 e. The first-order valence-electron chi connectivity index (χ1n) is 5.25. The van der Waals surface area contributed by atoms with Gasteiger partial charge in [0.05, 0.1) is 6.04 Å². The molecule has 0 aliphatic carbocycles. The normalized spacial score (nSPS) is 13.2. The van der Waals surface area contributed by atoms with Crippen LogP contribution in [0.1, 0.15) is 5.56 Å². The van der Waals surface area contributed by atoms with Crippen LogP contribution in [0.5, 0.6) is 0 Å². The molecule has 0 bridgehead atoms. The molecule has 0 saturated heterocycles. The number of alkyl halides is 2. The molecule has 1 nitrogen and oxygen atoms in total. The Morgan fingerprint density at radius 1 is 1.35 bits per heavy atom. The predicted octanol–water partition coefficient (Wildman–Crippen LogP) is 4.31. The Kier molecular flexibility index (Phi) is 4.10. The molecule has 4 heteroatoms. The van der Waals surface area contributed by atoms with Gasteiger partial charge in [0.1, 0.15) is 4.84 Å². The van der Waals surface area contributed by atoms with Gasteiger partial charge in [0.25, 0.3) is 0 Å². The lowest BCUT2D eigenvalue weighted by Gasteiger charge is -2.20. The Morgan fingerprint density at radius 2 is 2.12 bits per heavy atom. The quantitative estimate of drug-likeness (QED) is 0.826. The molecule has 0 radical (unpaired) electrons. The third-order valence-corrected chi connectivity index (χ3v) is 4.15. The van der Waals surface area contributed by atoms with E-state index in [0.717, 1.165) is 11.1 Å². The monoisotopic (exact) mass is 285 g/mol. The number of benzene rings is 1. The van der Waals surface area contributed by atoms with E-state index in [1.54, 1.807) is 11.3 Å². The summed E-state index contributed by atoms with van der Waals surface area (Å²) in [5.74, 6) is 0. The highest BCUT2D eigenvalue weighted by atomic mass is 35.5. The number of hydrogen-bond acceptors (Lipinski definition) is 2. The molecule has 1 aromatic carbocycles. The summed E-state index contributed by atoms with van der Waals surface area (Å²) in [5.41, 5.74) is 1.99. The van der Waals surface area contributed by atoms with Crippen molar-refractivity contribution in [3.05, 3.63) is 41.8 Å². The molecule has 0 spiro atoms. The first-order valence-corrected chi connectivity index (χ1v) is 7.00. The maximum atomic E-state index is 5.93. The maximum Gasteiger partial charge on any atom is 0.127 e. The smallest absolute Gasteiger partial charge is 0.127 e. The average Bonchev–Trinajstić information content (AvgIpc) is 2.75. The molecule has 1 N–H and O–H groups in total. The summed E-state index contributed by atoms with van der Waals surface area (Å²) in [6.45, 7) is 4.08. The number of halogens is 2. The van der Waals surface area contributed by atoms with E-state index in [4.69, 9.17) is 23.2 Å².